The topological polar surface area (TPSA) is 51.2 Å². The summed E-state index contributed by atoms with van der Waals surface area (Å²) in [5.41, 5.74) is 2.21. The van der Waals surface area contributed by atoms with E-state index in [0.29, 0.717) is 21.5 Å². The van der Waals surface area contributed by atoms with Gasteiger partial charge in [0, 0.05) is 15.5 Å². The van der Waals surface area contributed by atoms with Crippen LogP contribution in [0.3, 0.4) is 0 Å². The smallest absolute Gasteiger partial charge is 0.261 e. The minimum absolute atomic E-state index is 0.251. The van der Waals surface area contributed by atoms with Crippen LogP contribution in [-0.4, -0.2) is 18.0 Å². The Labute approximate surface area is 149 Å². The minimum atomic E-state index is -0.251. The molecule has 0 spiro atoms. The molecule has 0 saturated carbocycles. The van der Waals surface area contributed by atoms with Crippen molar-refractivity contribution < 1.29 is 9.53 Å². The molecule has 0 fully saturated rings. The molecule has 0 bridgehead atoms. The van der Waals surface area contributed by atoms with Crippen LogP contribution < -0.4 is 10.1 Å². The minimum Gasteiger partial charge on any atom is -0.496 e. The van der Waals surface area contributed by atoms with Gasteiger partial charge in [-0.25, -0.2) is 4.98 Å². The van der Waals surface area contributed by atoms with Crippen molar-refractivity contribution >= 4 is 34.0 Å². The summed E-state index contributed by atoms with van der Waals surface area (Å²) < 4.78 is 5.22. The number of halogens is 1. The van der Waals surface area contributed by atoms with Crippen LogP contribution in [0.25, 0.3) is 11.3 Å². The zero-order valence-corrected chi connectivity index (χ0v) is 14.7. The third-order valence-electron chi connectivity index (χ3n) is 3.47. The zero-order valence-electron chi connectivity index (χ0n) is 13.2. The first-order chi connectivity index (χ1) is 11.6. The highest BCUT2D eigenvalue weighted by Gasteiger charge is 2.15. The number of para-hydroxylation sites is 1. The second-order valence-electron chi connectivity index (χ2n) is 5.09. The fourth-order valence-electron chi connectivity index (χ4n) is 2.35. The van der Waals surface area contributed by atoms with E-state index in [1.165, 1.54) is 18.4 Å². The largest absolute Gasteiger partial charge is 0.496 e. The summed E-state index contributed by atoms with van der Waals surface area (Å²) in [5, 5.41) is 4.03. The molecule has 122 valence electrons. The third-order valence-corrected chi connectivity index (χ3v) is 4.59. The Bertz CT molecular complexity index is 892. The molecule has 3 aromatic rings. The van der Waals surface area contributed by atoms with Crippen LogP contribution >= 0.6 is 22.9 Å². The van der Waals surface area contributed by atoms with Crippen LogP contribution in [0, 0.1) is 6.92 Å². The summed E-state index contributed by atoms with van der Waals surface area (Å²) in [6, 6.07) is 14.6. The van der Waals surface area contributed by atoms with E-state index < -0.39 is 0 Å². The first kappa shape index (κ1) is 16.5. The van der Waals surface area contributed by atoms with Gasteiger partial charge in [0.25, 0.3) is 5.91 Å². The second-order valence-corrected chi connectivity index (χ2v) is 6.73. The van der Waals surface area contributed by atoms with Crippen molar-refractivity contribution in [3.05, 3.63) is 64.0 Å². The first-order valence-electron chi connectivity index (χ1n) is 7.26. The fourth-order valence-corrected chi connectivity index (χ4v) is 3.37. The van der Waals surface area contributed by atoms with Crippen LogP contribution in [0.2, 0.25) is 5.02 Å². The van der Waals surface area contributed by atoms with Crippen molar-refractivity contribution in [3.8, 4) is 17.0 Å². The van der Waals surface area contributed by atoms with E-state index in [9.17, 15) is 4.79 Å². The summed E-state index contributed by atoms with van der Waals surface area (Å²) in [4.78, 5) is 18.0. The molecule has 6 heteroatoms. The normalized spacial score (nSPS) is 10.5. The molecule has 3 rings (SSSR count). The average Bonchev–Trinajstić information content (AvgIpc) is 2.95. The SMILES string of the molecule is COc1ccccc1C(=O)Nc1nc(-c2cccc(Cl)c2)c(C)s1. The van der Waals surface area contributed by atoms with Gasteiger partial charge in [-0.1, -0.05) is 35.9 Å². The molecule has 1 amide bonds. The van der Waals surface area contributed by atoms with Crippen molar-refractivity contribution in [2.75, 3.05) is 12.4 Å². The predicted molar refractivity (Wildman–Crippen MR) is 98.2 cm³/mol. The molecule has 4 nitrogen and oxygen atoms in total. The highest BCUT2D eigenvalue weighted by atomic mass is 35.5. The van der Waals surface area contributed by atoms with Crippen molar-refractivity contribution in [1.82, 2.24) is 4.98 Å². The lowest BCUT2D eigenvalue weighted by molar-refractivity contribution is 0.102. The summed E-state index contributed by atoms with van der Waals surface area (Å²) in [6.45, 7) is 1.96. The lowest BCUT2D eigenvalue weighted by Gasteiger charge is -2.07. The Balaban J connectivity index is 1.87. The summed E-state index contributed by atoms with van der Waals surface area (Å²) in [6.07, 6.45) is 0. The predicted octanol–water partition coefficient (Wildman–Crippen LogP) is 5.03. The standard InChI is InChI=1S/C18H15ClN2O2S/c1-11-16(12-6-5-7-13(19)10-12)20-18(24-11)21-17(22)14-8-3-4-9-15(14)23-2/h3-10H,1-2H3,(H,20,21,22). The number of carbonyl (C=O) groups excluding carboxylic acids is 1. The van der Waals surface area contributed by atoms with Gasteiger partial charge in [0.1, 0.15) is 5.75 Å². The highest BCUT2D eigenvalue weighted by molar-refractivity contribution is 7.16. The number of methoxy groups -OCH3 is 1. The molecule has 0 radical (unpaired) electrons. The Hall–Kier alpha value is -2.37. The van der Waals surface area contributed by atoms with Crippen molar-refractivity contribution in [2.45, 2.75) is 6.92 Å². The lowest BCUT2D eigenvalue weighted by atomic mass is 10.1. The fraction of sp³-hybridized carbons (Fsp3) is 0.111. The number of amides is 1. The number of benzene rings is 2. The molecule has 0 saturated heterocycles. The summed E-state index contributed by atoms with van der Waals surface area (Å²) in [7, 11) is 1.54. The molecule has 24 heavy (non-hydrogen) atoms. The molecule has 0 aliphatic rings. The van der Waals surface area contributed by atoms with E-state index in [-0.39, 0.29) is 5.91 Å². The first-order valence-corrected chi connectivity index (χ1v) is 8.45. The maximum Gasteiger partial charge on any atom is 0.261 e. The van der Waals surface area contributed by atoms with E-state index >= 15 is 0 Å². The molecule has 0 aliphatic heterocycles. The number of hydrogen-bond acceptors (Lipinski definition) is 4. The van der Waals surface area contributed by atoms with Gasteiger partial charge >= 0.3 is 0 Å². The Morgan fingerprint density at radius 3 is 2.75 bits per heavy atom. The number of nitrogens with zero attached hydrogens (tertiary/aromatic N) is 1. The molecular weight excluding hydrogens is 344 g/mol. The van der Waals surface area contributed by atoms with Gasteiger partial charge in [0.05, 0.1) is 18.4 Å². The number of anilines is 1. The van der Waals surface area contributed by atoms with E-state index in [1.807, 2.05) is 37.3 Å². The quantitative estimate of drug-likeness (QED) is 0.711. The monoisotopic (exact) mass is 358 g/mol. The molecule has 1 N–H and O–H groups in total. The molecule has 2 aromatic carbocycles. The maximum absolute atomic E-state index is 12.5. The molecule has 0 aliphatic carbocycles. The van der Waals surface area contributed by atoms with Gasteiger partial charge in [0.2, 0.25) is 0 Å². The van der Waals surface area contributed by atoms with Gasteiger partial charge < -0.3 is 4.74 Å². The average molecular weight is 359 g/mol. The summed E-state index contributed by atoms with van der Waals surface area (Å²) >= 11 is 7.47. The number of hydrogen-bond donors (Lipinski definition) is 1. The van der Waals surface area contributed by atoms with Gasteiger partial charge in [-0.3, -0.25) is 10.1 Å². The molecular formula is C18H15ClN2O2S. The van der Waals surface area contributed by atoms with Crippen LogP contribution in [0.4, 0.5) is 5.13 Å². The Kier molecular flexibility index (Phi) is 4.83. The number of aromatic nitrogens is 1. The molecule has 1 aromatic heterocycles. The van der Waals surface area contributed by atoms with Gasteiger partial charge in [-0.2, -0.15) is 0 Å². The van der Waals surface area contributed by atoms with E-state index in [2.05, 4.69) is 10.3 Å². The highest BCUT2D eigenvalue weighted by Crippen LogP contribution is 2.32. The summed E-state index contributed by atoms with van der Waals surface area (Å²) in [5.74, 6) is 0.275. The van der Waals surface area contributed by atoms with E-state index in [0.717, 1.165) is 16.1 Å². The van der Waals surface area contributed by atoms with Crippen LogP contribution in [-0.2, 0) is 0 Å². The lowest BCUT2D eigenvalue weighted by Crippen LogP contribution is -2.12. The van der Waals surface area contributed by atoms with Crippen molar-refractivity contribution in [1.29, 1.82) is 0 Å². The Morgan fingerprint density at radius 2 is 2.00 bits per heavy atom. The van der Waals surface area contributed by atoms with E-state index in [4.69, 9.17) is 16.3 Å². The number of aryl methyl sites for hydroxylation is 1. The van der Waals surface area contributed by atoms with Crippen LogP contribution in [0.5, 0.6) is 5.75 Å². The third kappa shape index (κ3) is 3.42. The zero-order chi connectivity index (χ0) is 17.1. The number of rotatable bonds is 4. The van der Waals surface area contributed by atoms with E-state index in [1.54, 1.807) is 18.2 Å². The number of carbonyl (C=O) groups is 1. The number of thiazole rings is 1. The van der Waals surface area contributed by atoms with Gasteiger partial charge in [-0.15, -0.1) is 11.3 Å². The van der Waals surface area contributed by atoms with Crippen LogP contribution in [0.1, 0.15) is 15.2 Å². The van der Waals surface area contributed by atoms with Crippen molar-refractivity contribution in [3.63, 3.8) is 0 Å². The molecule has 0 atom stereocenters. The molecule has 1 heterocycles. The maximum atomic E-state index is 12.5. The van der Waals surface area contributed by atoms with Crippen molar-refractivity contribution in [2.24, 2.45) is 0 Å². The number of ether oxygens (including phenoxy) is 1. The molecule has 0 unspecified atom stereocenters. The van der Waals surface area contributed by atoms with Gasteiger partial charge in [-0.05, 0) is 31.2 Å². The number of nitrogens with one attached hydrogen (secondary N) is 1. The second kappa shape index (κ2) is 7.03. The van der Waals surface area contributed by atoms with Crippen LogP contribution in [0.15, 0.2) is 48.5 Å². The Morgan fingerprint density at radius 1 is 1.21 bits per heavy atom. The van der Waals surface area contributed by atoms with Gasteiger partial charge in [0.15, 0.2) is 5.13 Å².